The van der Waals surface area contributed by atoms with E-state index in [2.05, 4.69) is 10.2 Å². The predicted molar refractivity (Wildman–Crippen MR) is 97.0 cm³/mol. The van der Waals surface area contributed by atoms with Gasteiger partial charge in [-0.2, -0.15) is 0 Å². The number of morpholine rings is 1. The van der Waals surface area contributed by atoms with Crippen molar-refractivity contribution in [1.29, 1.82) is 0 Å². The first-order valence-electron chi connectivity index (χ1n) is 8.38. The summed E-state index contributed by atoms with van der Waals surface area (Å²) in [4.78, 5) is 14.6. The molecule has 3 rings (SSSR count). The lowest BCUT2D eigenvalue weighted by Gasteiger charge is -2.35. The molecule has 26 heavy (non-hydrogen) atoms. The Bertz CT molecular complexity index is 764. The van der Waals surface area contributed by atoms with Gasteiger partial charge in [-0.05, 0) is 35.9 Å². The summed E-state index contributed by atoms with van der Waals surface area (Å²) in [5, 5.41) is 12.5. The average Bonchev–Trinajstić information content (AvgIpc) is 2.66. The minimum atomic E-state index is -0.294. The number of ether oxygens (including phenoxy) is 1. The fourth-order valence-electron chi connectivity index (χ4n) is 2.97. The van der Waals surface area contributed by atoms with E-state index < -0.39 is 0 Å². The van der Waals surface area contributed by atoms with Crippen molar-refractivity contribution in [3.8, 4) is 5.75 Å². The Morgan fingerprint density at radius 2 is 1.92 bits per heavy atom. The van der Waals surface area contributed by atoms with Crippen LogP contribution in [0.5, 0.6) is 5.75 Å². The first-order valence-corrected chi connectivity index (χ1v) is 8.76. The van der Waals surface area contributed by atoms with Crippen LogP contribution in [0.4, 0.5) is 4.39 Å². The van der Waals surface area contributed by atoms with Crippen LogP contribution in [-0.2, 0) is 4.74 Å². The summed E-state index contributed by atoms with van der Waals surface area (Å²) in [6.45, 7) is 3.09. The largest absolute Gasteiger partial charge is 0.506 e. The van der Waals surface area contributed by atoms with Crippen LogP contribution < -0.4 is 5.32 Å². The zero-order chi connectivity index (χ0) is 18.5. The molecule has 0 unspecified atom stereocenters. The first-order chi connectivity index (χ1) is 12.5. The lowest BCUT2D eigenvalue weighted by molar-refractivity contribution is 0.0162. The molecule has 138 valence electrons. The standard InChI is InChI=1S/C19H20ClFN2O3/c20-16-11-14(3-6-18(16)24)19(25)22-12-17(23-7-9-26-10-8-23)13-1-4-15(21)5-2-13/h1-6,11,17,24H,7-10,12H2,(H,22,25)/t17-/m1/s1. The summed E-state index contributed by atoms with van der Waals surface area (Å²) in [6, 6.07) is 10.5. The van der Waals surface area contributed by atoms with Gasteiger partial charge in [-0.25, -0.2) is 4.39 Å². The number of nitrogens with zero attached hydrogens (tertiary/aromatic N) is 1. The SMILES string of the molecule is O=C(NC[C@H](c1ccc(F)cc1)N1CCOCC1)c1ccc(O)c(Cl)c1. The summed E-state index contributed by atoms with van der Waals surface area (Å²) < 4.78 is 18.7. The lowest BCUT2D eigenvalue weighted by Crippen LogP contribution is -2.43. The van der Waals surface area contributed by atoms with Crippen LogP contribution in [-0.4, -0.2) is 48.8 Å². The highest BCUT2D eigenvalue weighted by molar-refractivity contribution is 6.32. The molecule has 2 N–H and O–H groups in total. The van der Waals surface area contributed by atoms with E-state index in [0.717, 1.165) is 18.7 Å². The summed E-state index contributed by atoms with van der Waals surface area (Å²) in [5.74, 6) is -0.648. The highest BCUT2D eigenvalue weighted by Crippen LogP contribution is 2.24. The normalized spacial score (nSPS) is 16.2. The second-order valence-electron chi connectivity index (χ2n) is 6.09. The number of halogens is 2. The number of phenols is 1. The van der Waals surface area contributed by atoms with Crippen molar-refractivity contribution in [3.05, 3.63) is 64.4 Å². The van der Waals surface area contributed by atoms with Gasteiger partial charge in [-0.15, -0.1) is 0 Å². The van der Waals surface area contributed by atoms with Gasteiger partial charge in [-0.3, -0.25) is 9.69 Å². The highest BCUT2D eigenvalue weighted by Gasteiger charge is 2.23. The fourth-order valence-corrected chi connectivity index (χ4v) is 3.15. The van der Waals surface area contributed by atoms with Crippen LogP contribution >= 0.6 is 11.6 Å². The molecule has 1 saturated heterocycles. The molecule has 5 nitrogen and oxygen atoms in total. The maximum Gasteiger partial charge on any atom is 0.251 e. The molecule has 1 atom stereocenters. The van der Waals surface area contributed by atoms with Crippen molar-refractivity contribution < 1.29 is 19.0 Å². The Morgan fingerprint density at radius 1 is 1.23 bits per heavy atom. The van der Waals surface area contributed by atoms with E-state index in [9.17, 15) is 14.3 Å². The van der Waals surface area contributed by atoms with Gasteiger partial charge in [0.05, 0.1) is 24.3 Å². The summed E-state index contributed by atoms with van der Waals surface area (Å²) >= 11 is 5.87. The number of aromatic hydroxyl groups is 1. The second kappa shape index (κ2) is 8.49. The molecule has 0 saturated carbocycles. The maximum atomic E-state index is 13.3. The zero-order valence-corrected chi connectivity index (χ0v) is 14.9. The Kier molecular flexibility index (Phi) is 6.08. The van der Waals surface area contributed by atoms with Crippen LogP contribution in [0.3, 0.4) is 0 Å². The molecule has 1 amide bonds. The van der Waals surface area contributed by atoms with Crippen LogP contribution in [0.15, 0.2) is 42.5 Å². The van der Waals surface area contributed by atoms with Gasteiger partial charge >= 0.3 is 0 Å². The molecular weight excluding hydrogens is 359 g/mol. The third-order valence-electron chi connectivity index (χ3n) is 4.41. The monoisotopic (exact) mass is 378 g/mol. The van der Waals surface area contributed by atoms with E-state index in [-0.39, 0.29) is 28.5 Å². The molecule has 2 aromatic carbocycles. The second-order valence-corrected chi connectivity index (χ2v) is 6.50. The number of carbonyl (C=O) groups excluding carboxylic acids is 1. The Labute approximate surface area is 156 Å². The third kappa shape index (κ3) is 4.52. The summed E-state index contributed by atoms with van der Waals surface area (Å²) in [7, 11) is 0. The van der Waals surface area contributed by atoms with Crippen LogP contribution in [0.25, 0.3) is 0 Å². The summed E-state index contributed by atoms with van der Waals surface area (Å²) in [6.07, 6.45) is 0. The van der Waals surface area contributed by atoms with E-state index >= 15 is 0 Å². The Balaban J connectivity index is 1.73. The Morgan fingerprint density at radius 3 is 2.58 bits per heavy atom. The number of benzene rings is 2. The van der Waals surface area contributed by atoms with Gasteiger partial charge < -0.3 is 15.2 Å². The first kappa shape index (κ1) is 18.6. The number of rotatable bonds is 5. The Hall–Kier alpha value is -2.15. The number of amides is 1. The molecule has 2 aromatic rings. The highest BCUT2D eigenvalue weighted by atomic mass is 35.5. The maximum absolute atomic E-state index is 13.3. The van der Waals surface area contributed by atoms with E-state index in [0.29, 0.717) is 25.3 Å². The van der Waals surface area contributed by atoms with Crippen molar-refractivity contribution in [1.82, 2.24) is 10.2 Å². The van der Waals surface area contributed by atoms with Gasteiger partial charge in [-0.1, -0.05) is 23.7 Å². The average molecular weight is 379 g/mol. The summed E-state index contributed by atoms with van der Waals surface area (Å²) in [5.41, 5.74) is 1.30. The number of phenolic OH excluding ortho intramolecular Hbond substituents is 1. The van der Waals surface area contributed by atoms with E-state index in [1.54, 1.807) is 12.1 Å². The van der Waals surface area contributed by atoms with Gasteiger partial charge in [0.2, 0.25) is 0 Å². The van der Waals surface area contributed by atoms with Gasteiger partial charge in [0.1, 0.15) is 11.6 Å². The van der Waals surface area contributed by atoms with Crippen molar-refractivity contribution in [3.63, 3.8) is 0 Å². The van der Waals surface area contributed by atoms with Crippen LogP contribution in [0.1, 0.15) is 22.0 Å². The van der Waals surface area contributed by atoms with Crippen LogP contribution in [0.2, 0.25) is 5.02 Å². The van der Waals surface area contributed by atoms with E-state index in [1.165, 1.54) is 30.3 Å². The van der Waals surface area contributed by atoms with Crippen molar-refractivity contribution in [2.75, 3.05) is 32.8 Å². The fraction of sp³-hybridized carbons (Fsp3) is 0.316. The van der Waals surface area contributed by atoms with Gasteiger partial charge in [0.25, 0.3) is 5.91 Å². The van der Waals surface area contributed by atoms with Gasteiger partial charge in [0, 0.05) is 25.2 Å². The predicted octanol–water partition coefficient (Wildman–Crippen LogP) is 2.99. The quantitative estimate of drug-likeness (QED) is 0.839. The molecule has 0 aromatic heterocycles. The molecule has 1 fully saturated rings. The lowest BCUT2D eigenvalue weighted by atomic mass is 10.0. The molecule has 1 aliphatic heterocycles. The molecule has 0 aliphatic carbocycles. The van der Waals surface area contributed by atoms with Crippen molar-refractivity contribution in [2.24, 2.45) is 0 Å². The molecule has 0 radical (unpaired) electrons. The number of nitrogens with one attached hydrogen (secondary N) is 1. The smallest absolute Gasteiger partial charge is 0.251 e. The molecule has 7 heteroatoms. The molecule has 0 bridgehead atoms. The van der Waals surface area contributed by atoms with E-state index in [4.69, 9.17) is 16.3 Å². The molecule has 1 heterocycles. The molecule has 1 aliphatic rings. The topological polar surface area (TPSA) is 61.8 Å². The van der Waals surface area contributed by atoms with Crippen molar-refractivity contribution >= 4 is 17.5 Å². The minimum Gasteiger partial charge on any atom is -0.506 e. The minimum absolute atomic E-state index is 0.0688. The van der Waals surface area contributed by atoms with Gasteiger partial charge in [0.15, 0.2) is 0 Å². The van der Waals surface area contributed by atoms with E-state index in [1.807, 2.05) is 0 Å². The number of hydrogen-bond acceptors (Lipinski definition) is 4. The third-order valence-corrected chi connectivity index (χ3v) is 4.71. The van der Waals surface area contributed by atoms with Crippen molar-refractivity contribution in [2.45, 2.75) is 6.04 Å². The van der Waals surface area contributed by atoms with Crippen LogP contribution in [0, 0.1) is 5.82 Å². The number of hydrogen-bond donors (Lipinski definition) is 2. The molecule has 0 spiro atoms. The molecular formula is C19H20ClFN2O3. The number of carbonyl (C=O) groups is 1. The zero-order valence-electron chi connectivity index (χ0n) is 14.1.